The summed E-state index contributed by atoms with van der Waals surface area (Å²) in [6.07, 6.45) is 4.97. The number of ether oxygens (including phenoxy) is 1. The maximum Gasteiger partial charge on any atom is 0.255 e. The van der Waals surface area contributed by atoms with Gasteiger partial charge in [0, 0.05) is 36.0 Å². The third-order valence-electron chi connectivity index (χ3n) is 6.09. The molecule has 5 heteroatoms. The third-order valence-corrected chi connectivity index (χ3v) is 6.79. The summed E-state index contributed by atoms with van der Waals surface area (Å²) in [5.41, 5.74) is 4.35. The third kappa shape index (κ3) is 4.37. The maximum absolute atomic E-state index is 13.2. The van der Waals surface area contributed by atoms with Gasteiger partial charge in [-0.1, -0.05) is 31.2 Å². The van der Waals surface area contributed by atoms with E-state index in [1.54, 1.807) is 11.8 Å². The van der Waals surface area contributed by atoms with Crippen molar-refractivity contribution >= 4 is 17.7 Å². The van der Waals surface area contributed by atoms with Crippen LogP contribution in [0.1, 0.15) is 54.2 Å². The molecule has 30 heavy (non-hydrogen) atoms. The van der Waals surface area contributed by atoms with Gasteiger partial charge in [-0.2, -0.15) is 0 Å². The van der Waals surface area contributed by atoms with Crippen molar-refractivity contribution in [1.82, 2.24) is 10.2 Å². The first-order chi connectivity index (χ1) is 14.4. The minimum absolute atomic E-state index is 0.0323. The molecule has 0 spiro atoms. The zero-order chi connectivity index (χ0) is 21.3. The first-order valence-electron chi connectivity index (χ1n) is 10.9. The molecule has 1 amide bonds. The van der Waals surface area contributed by atoms with E-state index >= 15 is 0 Å². The molecule has 160 valence electrons. The van der Waals surface area contributed by atoms with E-state index < -0.39 is 0 Å². The number of thioether (sulfide) groups is 1. The Hall–Kier alpha value is -1.98. The lowest BCUT2D eigenvalue weighted by Crippen LogP contribution is -2.47. The molecule has 1 N–H and O–H groups in total. The van der Waals surface area contributed by atoms with Crippen molar-refractivity contribution in [2.75, 3.05) is 19.3 Å². The number of rotatable bonds is 6. The van der Waals surface area contributed by atoms with Gasteiger partial charge in [-0.3, -0.25) is 9.69 Å². The van der Waals surface area contributed by atoms with E-state index in [0.717, 1.165) is 48.6 Å². The molecule has 4 rings (SSSR count). The molecule has 0 aromatic heterocycles. The second-order valence-electron chi connectivity index (χ2n) is 9.01. The topological polar surface area (TPSA) is 41.6 Å². The van der Waals surface area contributed by atoms with Gasteiger partial charge in [0.25, 0.3) is 5.91 Å². The van der Waals surface area contributed by atoms with Crippen molar-refractivity contribution < 1.29 is 9.53 Å². The number of nitrogens with zero attached hydrogens (tertiary/aromatic N) is 1. The summed E-state index contributed by atoms with van der Waals surface area (Å²) in [6, 6.07) is 13.1. The lowest BCUT2D eigenvalue weighted by Gasteiger charge is -2.37. The van der Waals surface area contributed by atoms with Crippen LogP contribution in [0.3, 0.4) is 0 Å². The van der Waals surface area contributed by atoms with Gasteiger partial charge in [0.1, 0.15) is 11.4 Å². The molecule has 2 aliphatic rings. The molecule has 0 radical (unpaired) electrons. The van der Waals surface area contributed by atoms with Gasteiger partial charge in [0.05, 0.1) is 5.56 Å². The molecular formula is C25H32N2O2S. The summed E-state index contributed by atoms with van der Waals surface area (Å²) in [5.74, 6) is 0.727. The minimum Gasteiger partial charge on any atom is -0.486 e. The van der Waals surface area contributed by atoms with Crippen LogP contribution < -0.4 is 10.1 Å². The number of benzene rings is 2. The van der Waals surface area contributed by atoms with Crippen molar-refractivity contribution in [3.05, 3.63) is 58.7 Å². The highest BCUT2D eigenvalue weighted by Gasteiger charge is 2.34. The Balaban J connectivity index is 1.52. The zero-order valence-electron chi connectivity index (χ0n) is 18.5. The van der Waals surface area contributed by atoms with Crippen LogP contribution in [-0.2, 0) is 19.4 Å². The van der Waals surface area contributed by atoms with Gasteiger partial charge < -0.3 is 10.1 Å². The average Bonchev–Trinajstić information content (AvgIpc) is 3.05. The number of hydrogen-bond donors (Lipinski definition) is 1. The molecule has 2 aliphatic heterocycles. The van der Waals surface area contributed by atoms with Crippen molar-refractivity contribution in [3.8, 4) is 5.75 Å². The maximum atomic E-state index is 13.2. The first kappa shape index (κ1) is 21.3. The first-order valence-corrected chi connectivity index (χ1v) is 12.1. The Bertz CT molecular complexity index is 941. The van der Waals surface area contributed by atoms with Crippen LogP contribution in [0.2, 0.25) is 0 Å². The van der Waals surface area contributed by atoms with E-state index in [4.69, 9.17) is 4.74 Å². The summed E-state index contributed by atoms with van der Waals surface area (Å²) in [4.78, 5) is 16.8. The van der Waals surface area contributed by atoms with Crippen LogP contribution in [0, 0.1) is 0 Å². The monoisotopic (exact) mass is 424 g/mol. The predicted molar refractivity (Wildman–Crippen MR) is 124 cm³/mol. The fourth-order valence-corrected chi connectivity index (χ4v) is 5.16. The Morgan fingerprint density at radius 2 is 2.00 bits per heavy atom. The molecule has 2 heterocycles. The SMILES string of the molecule is CCCN1Cc2ccccc2C[C@H]1CNC(=O)c1cc(SC)cc2c1OC(C)(C)C2. The Morgan fingerprint density at radius 1 is 1.23 bits per heavy atom. The average molecular weight is 425 g/mol. The number of nitrogens with one attached hydrogen (secondary N) is 1. The summed E-state index contributed by atoms with van der Waals surface area (Å²) >= 11 is 1.67. The highest BCUT2D eigenvalue weighted by Crippen LogP contribution is 2.40. The van der Waals surface area contributed by atoms with Crippen molar-refractivity contribution in [2.45, 2.75) is 63.1 Å². The van der Waals surface area contributed by atoms with Gasteiger partial charge in [-0.25, -0.2) is 0 Å². The van der Waals surface area contributed by atoms with E-state index in [-0.39, 0.29) is 11.5 Å². The highest BCUT2D eigenvalue weighted by molar-refractivity contribution is 7.98. The lowest BCUT2D eigenvalue weighted by atomic mass is 9.93. The zero-order valence-corrected chi connectivity index (χ0v) is 19.3. The van der Waals surface area contributed by atoms with Crippen molar-refractivity contribution in [1.29, 1.82) is 0 Å². The fourth-order valence-electron chi connectivity index (χ4n) is 4.67. The van der Waals surface area contributed by atoms with Crippen LogP contribution in [-0.4, -0.2) is 41.8 Å². The Morgan fingerprint density at radius 3 is 2.73 bits per heavy atom. The summed E-state index contributed by atoms with van der Waals surface area (Å²) < 4.78 is 6.16. The van der Waals surface area contributed by atoms with Crippen LogP contribution >= 0.6 is 11.8 Å². The van der Waals surface area contributed by atoms with E-state index in [2.05, 4.69) is 61.3 Å². The van der Waals surface area contributed by atoms with Gasteiger partial charge in [-0.05, 0) is 62.7 Å². The van der Waals surface area contributed by atoms with Crippen LogP contribution in [0.25, 0.3) is 0 Å². The molecule has 0 fully saturated rings. The number of fused-ring (bicyclic) bond motifs is 2. The number of amides is 1. The minimum atomic E-state index is -0.264. The van der Waals surface area contributed by atoms with Crippen molar-refractivity contribution in [3.63, 3.8) is 0 Å². The quantitative estimate of drug-likeness (QED) is 0.683. The second-order valence-corrected chi connectivity index (χ2v) is 9.89. The van der Waals surface area contributed by atoms with Crippen LogP contribution in [0.5, 0.6) is 5.75 Å². The standard InChI is InChI=1S/C25H32N2O2S/c1-5-10-27-16-18-9-7-6-8-17(18)11-20(27)15-26-24(28)22-13-21(30-4)12-19-14-25(2,3)29-23(19)22/h6-9,12-13,20H,5,10-11,14-16H2,1-4H3,(H,26,28)/t20-/m0/s1. The molecule has 0 unspecified atom stereocenters. The summed E-state index contributed by atoms with van der Waals surface area (Å²) in [6.45, 7) is 9.02. The Kier molecular flexibility index (Phi) is 6.12. The number of carbonyl (C=O) groups excluding carboxylic acids is 1. The van der Waals surface area contributed by atoms with Crippen LogP contribution in [0.15, 0.2) is 41.3 Å². The lowest BCUT2D eigenvalue weighted by molar-refractivity contribution is 0.0912. The van der Waals surface area contributed by atoms with Gasteiger partial charge in [-0.15, -0.1) is 11.8 Å². The predicted octanol–water partition coefficient (Wildman–Crippen LogP) is 4.69. The molecule has 0 bridgehead atoms. The van der Waals surface area contributed by atoms with Crippen molar-refractivity contribution in [2.24, 2.45) is 0 Å². The molecule has 0 saturated heterocycles. The molecular weight excluding hydrogens is 392 g/mol. The smallest absolute Gasteiger partial charge is 0.255 e. The molecule has 1 atom stereocenters. The van der Waals surface area contributed by atoms with Gasteiger partial charge in [0.2, 0.25) is 0 Å². The second kappa shape index (κ2) is 8.64. The molecule has 4 nitrogen and oxygen atoms in total. The van der Waals surface area contributed by atoms with Crippen LogP contribution in [0.4, 0.5) is 0 Å². The molecule has 2 aromatic carbocycles. The van der Waals surface area contributed by atoms with E-state index in [1.807, 2.05) is 12.3 Å². The number of carbonyl (C=O) groups is 1. The highest BCUT2D eigenvalue weighted by atomic mass is 32.2. The normalized spacial score (nSPS) is 19.7. The fraction of sp³-hybridized carbons (Fsp3) is 0.480. The number of hydrogen-bond acceptors (Lipinski definition) is 4. The molecule has 0 aliphatic carbocycles. The van der Waals surface area contributed by atoms with Gasteiger partial charge >= 0.3 is 0 Å². The molecule has 0 saturated carbocycles. The van der Waals surface area contributed by atoms with E-state index in [0.29, 0.717) is 18.2 Å². The van der Waals surface area contributed by atoms with Gasteiger partial charge in [0.15, 0.2) is 0 Å². The summed E-state index contributed by atoms with van der Waals surface area (Å²) in [5, 5.41) is 3.23. The largest absolute Gasteiger partial charge is 0.486 e. The van der Waals surface area contributed by atoms with E-state index in [9.17, 15) is 4.79 Å². The Labute approximate surface area is 184 Å². The molecule has 2 aromatic rings. The summed E-state index contributed by atoms with van der Waals surface area (Å²) in [7, 11) is 0. The van der Waals surface area contributed by atoms with E-state index in [1.165, 1.54) is 11.1 Å².